The summed E-state index contributed by atoms with van der Waals surface area (Å²) in [5, 5.41) is 11.5. The first kappa shape index (κ1) is 26.2. The van der Waals surface area contributed by atoms with Crippen molar-refractivity contribution < 1.29 is 28.9 Å². The Bertz CT molecular complexity index is 1360. The number of hydrogen-bond acceptors (Lipinski definition) is 7. The number of hydrogen-bond donors (Lipinski definition) is 1. The number of benzene rings is 1. The third-order valence-electron chi connectivity index (χ3n) is 6.43. The van der Waals surface area contributed by atoms with E-state index in [0.29, 0.717) is 41.6 Å². The second-order valence-corrected chi connectivity index (χ2v) is 8.90. The second kappa shape index (κ2) is 11.0. The Morgan fingerprint density at radius 3 is 2.54 bits per heavy atom. The summed E-state index contributed by atoms with van der Waals surface area (Å²) in [6.07, 6.45) is 2.68. The molecule has 4 rings (SSSR count). The van der Waals surface area contributed by atoms with Crippen LogP contribution < -0.4 is 9.47 Å². The minimum absolute atomic E-state index is 0.0186. The van der Waals surface area contributed by atoms with Crippen molar-refractivity contribution in [3.63, 3.8) is 0 Å². The van der Waals surface area contributed by atoms with Gasteiger partial charge in [-0.15, -0.1) is 0 Å². The Kier molecular flexibility index (Phi) is 7.83. The van der Waals surface area contributed by atoms with Crippen LogP contribution in [0.1, 0.15) is 48.8 Å². The second-order valence-electron chi connectivity index (χ2n) is 8.90. The lowest BCUT2D eigenvalue weighted by molar-refractivity contribution is -0.140. The average Bonchev–Trinajstić information content (AvgIpc) is 3.36. The van der Waals surface area contributed by atoms with Crippen LogP contribution in [0.25, 0.3) is 11.4 Å². The van der Waals surface area contributed by atoms with E-state index in [4.69, 9.17) is 14.2 Å². The summed E-state index contributed by atoms with van der Waals surface area (Å²) in [7, 11) is 1.53. The quantitative estimate of drug-likeness (QED) is 0.249. The molecule has 1 amide bonds. The van der Waals surface area contributed by atoms with Crippen LogP contribution in [0.2, 0.25) is 0 Å². The van der Waals surface area contributed by atoms with E-state index in [1.54, 1.807) is 18.2 Å². The Morgan fingerprint density at radius 2 is 1.86 bits per heavy atom. The van der Waals surface area contributed by atoms with Crippen molar-refractivity contribution in [2.24, 2.45) is 0 Å². The zero-order valence-electron chi connectivity index (χ0n) is 21.9. The Morgan fingerprint density at radius 1 is 1.08 bits per heavy atom. The highest BCUT2D eigenvalue weighted by Gasteiger charge is 2.46. The highest BCUT2D eigenvalue weighted by atomic mass is 16.5. The minimum atomic E-state index is -0.847. The lowest BCUT2D eigenvalue weighted by atomic mass is 9.96. The molecule has 9 nitrogen and oxygen atoms in total. The molecule has 37 heavy (non-hydrogen) atoms. The predicted molar refractivity (Wildman–Crippen MR) is 139 cm³/mol. The molecule has 1 atom stereocenters. The number of fused-ring (bicyclic) bond motifs is 1. The monoisotopic (exact) mass is 507 g/mol. The number of carbonyl (C=O) groups excluding carboxylic acids is 2. The fraction of sp³-hybridized carbons (Fsp3) is 0.393. The number of carbonyl (C=O) groups is 2. The van der Waals surface area contributed by atoms with Crippen LogP contribution >= 0.6 is 0 Å². The maximum absolute atomic E-state index is 13.3. The van der Waals surface area contributed by atoms with Crippen molar-refractivity contribution in [1.29, 1.82) is 0 Å². The molecule has 1 N–H and O–H groups in total. The van der Waals surface area contributed by atoms with E-state index in [1.807, 2.05) is 50.4 Å². The molecule has 2 aromatic heterocycles. The summed E-state index contributed by atoms with van der Waals surface area (Å²) in [6.45, 7) is 8.96. The van der Waals surface area contributed by atoms with E-state index in [0.717, 1.165) is 12.0 Å². The molecule has 1 aromatic carbocycles. The predicted octanol–water partition coefficient (Wildman–Crippen LogP) is 4.21. The maximum Gasteiger partial charge on any atom is 0.295 e. The van der Waals surface area contributed by atoms with Gasteiger partial charge in [0.2, 0.25) is 0 Å². The van der Waals surface area contributed by atoms with Crippen LogP contribution in [0, 0.1) is 13.8 Å². The standard InChI is InChI=1S/C28H33N3O6/c1-6-14-37-20-11-10-19(16-21(20)36-7-2)24-22(26(33)28(34)31(24)13-15-35-5)25(32)23-18(4)30-12-8-9-17(3)27(30)29-23/h8-12,16,24,32H,6-7,13-15H2,1-5H3/b25-22+. The van der Waals surface area contributed by atoms with Gasteiger partial charge in [-0.25, -0.2) is 4.98 Å². The van der Waals surface area contributed by atoms with E-state index < -0.39 is 17.7 Å². The van der Waals surface area contributed by atoms with E-state index in [2.05, 4.69) is 4.98 Å². The molecular weight excluding hydrogens is 474 g/mol. The Labute approximate surface area is 216 Å². The third-order valence-corrected chi connectivity index (χ3v) is 6.43. The molecule has 0 radical (unpaired) electrons. The lowest BCUT2D eigenvalue weighted by Gasteiger charge is -2.25. The molecule has 0 aliphatic carbocycles. The van der Waals surface area contributed by atoms with Crippen LogP contribution in [0.5, 0.6) is 11.5 Å². The van der Waals surface area contributed by atoms with E-state index >= 15 is 0 Å². The van der Waals surface area contributed by atoms with Crippen LogP contribution in [-0.2, 0) is 14.3 Å². The van der Waals surface area contributed by atoms with Gasteiger partial charge in [0.15, 0.2) is 17.3 Å². The van der Waals surface area contributed by atoms with E-state index in [9.17, 15) is 14.7 Å². The number of aliphatic hydroxyl groups excluding tert-OH is 1. The molecule has 1 saturated heterocycles. The molecule has 1 aliphatic heterocycles. The van der Waals surface area contributed by atoms with Gasteiger partial charge in [-0.2, -0.15) is 0 Å². The SMILES string of the molecule is CCCOc1ccc(C2/C(=C(\O)c3nc4c(C)cccn4c3C)C(=O)C(=O)N2CCOC)cc1OCC. The molecule has 196 valence electrons. The number of likely N-dealkylation sites (tertiary alicyclic amines) is 1. The number of methoxy groups -OCH3 is 1. The van der Waals surface area contributed by atoms with Crippen molar-refractivity contribution in [2.75, 3.05) is 33.5 Å². The highest BCUT2D eigenvalue weighted by Crippen LogP contribution is 2.42. The van der Waals surface area contributed by atoms with Gasteiger partial charge in [-0.05, 0) is 56.5 Å². The summed E-state index contributed by atoms with van der Waals surface area (Å²) in [4.78, 5) is 32.6. The van der Waals surface area contributed by atoms with Crippen LogP contribution in [0.15, 0.2) is 42.1 Å². The van der Waals surface area contributed by atoms with Crippen molar-refractivity contribution in [3.8, 4) is 11.5 Å². The van der Waals surface area contributed by atoms with Crippen LogP contribution in [-0.4, -0.2) is 64.6 Å². The Hall–Kier alpha value is -3.85. The molecule has 9 heteroatoms. The number of ketones is 1. The summed E-state index contributed by atoms with van der Waals surface area (Å²) in [5.74, 6) is -0.701. The molecule has 0 bridgehead atoms. The normalized spacial score (nSPS) is 17.1. The number of amides is 1. The number of rotatable bonds is 10. The first-order valence-corrected chi connectivity index (χ1v) is 12.4. The highest BCUT2D eigenvalue weighted by molar-refractivity contribution is 6.46. The average molecular weight is 508 g/mol. The molecule has 1 aliphatic rings. The van der Waals surface area contributed by atoms with Crippen LogP contribution in [0.3, 0.4) is 0 Å². The molecule has 0 saturated carbocycles. The number of pyridine rings is 1. The number of nitrogens with zero attached hydrogens (tertiary/aromatic N) is 3. The summed E-state index contributed by atoms with van der Waals surface area (Å²) < 4.78 is 18.7. The van der Waals surface area contributed by atoms with E-state index in [-0.39, 0.29) is 30.2 Å². The van der Waals surface area contributed by atoms with Crippen molar-refractivity contribution in [3.05, 3.63) is 64.6 Å². The zero-order chi connectivity index (χ0) is 26.7. The van der Waals surface area contributed by atoms with Gasteiger partial charge in [0.25, 0.3) is 11.7 Å². The fourth-order valence-electron chi connectivity index (χ4n) is 4.62. The zero-order valence-corrected chi connectivity index (χ0v) is 21.9. The van der Waals surface area contributed by atoms with Crippen molar-refractivity contribution in [1.82, 2.24) is 14.3 Å². The summed E-state index contributed by atoms with van der Waals surface area (Å²) >= 11 is 0. The molecule has 1 fully saturated rings. The minimum Gasteiger partial charge on any atom is -0.505 e. The van der Waals surface area contributed by atoms with Gasteiger partial charge < -0.3 is 28.6 Å². The number of imidazole rings is 1. The third kappa shape index (κ3) is 4.79. The lowest BCUT2D eigenvalue weighted by Crippen LogP contribution is -2.32. The Balaban J connectivity index is 1.90. The van der Waals surface area contributed by atoms with Gasteiger partial charge in [-0.3, -0.25) is 9.59 Å². The summed E-state index contributed by atoms with van der Waals surface area (Å²) in [5.41, 5.74) is 3.11. The van der Waals surface area contributed by atoms with E-state index in [1.165, 1.54) is 12.0 Å². The van der Waals surface area contributed by atoms with Gasteiger partial charge >= 0.3 is 0 Å². The first-order valence-electron chi connectivity index (χ1n) is 12.4. The number of Topliss-reactive ketones (excluding diaryl/α,β-unsaturated/α-hetero) is 1. The van der Waals surface area contributed by atoms with Crippen molar-refractivity contribution in [2.45, 2.75) is 40.2 Å². The summed E-state index contributed by atoms with van der Waals surface area (Å²) in [6, 6.07) is 8.29. The van der Waals surface area contributed by atoms with Crippen LogP contribution in [0.4, 0.5) is 0 Å². The van der Waals surface area contributed by atoms with Gasteiger partial charge in [0, 0.05) is 19.9 Å². The molecular formula is C28H33N3O6. The largest absolute Gasteiger partial charge is 0.505 e. The molecule has 0 spiro atoms. The van der Waals surface area contributed by atoms with Crippen molar-refractivity contribution >= 4 is 23.1 Å². The molecule has 3 aromatic rings. The van der Waals surface area contributed by atoms with Gasteiger partial charge in [-0.1, -0.05) is 19.1 Å². The van der Waals surface area contributed by atoms with Gasteiger partial charge in [0.1, 0.15) is 11.3 Å². The van der Waals surface area contributed by atoms with Gasteiger partial charge in [0.05, 0.1) is 37.1 Å². The number of aryl methyl sites for hydroxylation is 2. The number of aromatic nitrogens is 2. The first-order chi connectivity index (χ1) is 17.8. The fourth-order valence-corrected chi connectivity index (χ4v) is 4.62. The maximum atomic E-state index is 13.3. The smallest absolute Gasteiger partial charge is 0.295 e. The number of aliphatic hydroxyl groups is 1. The number of ether oxygens (including phenoxy) is 3. The molecule has 1 unspecified atom stereocenters. The topological polar surface area (TPSA) is 103 Å². The molecule has 3 heterocycles.